The molecular weight excluding hydrogens is 218 g/mol. The molecule has 1 fully saturated rings. The van der Waals surface area contributed by atoms with Gasteiger partial charge in [0, 0.05) is 12.6 Å². The summed E-state index contributed by atoms with van der Waals surface area (Å²) in [7, 11) is 0. The second-order valence-corrected chi connectivity index (χ2v) is 6.12. The number of rotatable bonds is 3. The zero-order chi connectivity index (χ0) is 12.4. The minimum atomic E-state index is 0.814. The zero-order valence-electron chi connectivity index (χ0n) is 11.6. The van der Waals surface area contributed by atoms with E-state index in [0.717, 1.165) is 12.0 Å². The van der Waals surface area contributed by atoms with Crippen LogP contribution in [-0.4, -0.2) is 24.0 Å². The molecule has 2 bridgehead atoms. The maximum absolute atomic E-state index is 2.79. The van der Waals surface area contributed by atoms with E-state index in [1.165, 1.54) is 51.6 Å². The number of fused-ring (bicyclic) bond motifs is 2. The summed E-state index contributed by atoms with van der Waals surface area (Å²) in [6.45, 7) is 4.97. The van der Waals surface area contributed by atoms with Crippen molar-refractivity contribution in [1.82, 2.24) is 4.90 Å². The molecule has 3 aliphatic rings. The van der Waals surface area contributed by atoms with Crippen LogP contribution in [0.5, 0.6) is 0 Å². The Labute approximate surface area is 111 Å². The zero-order valence-corrected chi connectivity index (χ0v) is 11.6. The van der Waals surface area contributed by atoms with Crippen LogP contribution in [0.15, 0.2) is 24.3 Å². The molecule has 2 aliphatic heterocycles. The molecule has 1 heteroatoms. The standard InChI is InChI=1S/C17H25N/c1-2-3-10-18-13-14-8-9-17(18)12-16-7-5-4-6-15(16)11-14/h4-7,14,17H,2-3,8-13H2,1H3/t14-,17+/m1/s1. The van der Waals surface area contributed by atoms with Crippen LogP contribution in [0.1, 0.15) is 43.7 Å². The van der Waals surface area contributed by atoms with Crippen LogP contribution in [0.4, 0.5) is 0 Å². The van der Waals surface area contributed by atoms with Gasteiger partial charge in [0.1, 0.15) is 0 Å². The number of benzene rings is 1. The largest absolute Gasteiger partial charge is 0.300 e. The maximum Gasteiger partial charge on any atom is 0.0136 e. The Morgan fingerprint density at radius 2 is 1.89 bits per heavy atom. The van der Waals surface area contributed by atoms with E-state index < -0.39 is 0 Å². The Morgan fingerprint density at radius 1 is 1.11 bits per heavy atom. The van der Waals surface area contributed by atoms with Crippen molar-refractivity contribution in [2.75, 3.05) is 13.1 Å². The van der Waals surface area contributed by atoms with E-state index in [1.807, 2.05) is 0 Å². The molecule has 18 heavy (non-hydrogen) atoms. The summed E-state index contributed by atoms with van der Waals surface area (Å²) in [6, 6.07) is 9.95. The predicted octanol–water partition coefficient (Wildman–Crippen LogP) is 3.67. The van der Waals surface area contributed by atoms with Crippen molar-refractivity contribution in [3.8, 4) is 0 Å². The monoisotopic (exact) mass is 243 g/mol. The van der Waals surface area contributed by atoms with Crippen molar-refractivity contribution in [3.63, 3.8) is 0 Å². The summed E-state index contributed by atoms with van der Waals surface area (Å²) in [4.78, 5) is 2.79. The van der Waals surface area contributed by atoms with E-state index in [0.29, 0.717) is 0 Å². The van der Waals surface area contributed by atoms with Crippen LogP contribution in [-0.2, 0) is 12.8 Å². The minimum Gasteiger partial charge on any atom is -0.300 e. The van der Waals surface area contributed by atoms with Crippen LogP contribution in [0.25, 0.3) is 0 Å². The molecular formula is C17H25N. The highest BCUT2D eigenvalue weighted by Gasteiger charge is 2.31. The molecule has 0 aromatic heterocycles. The molecule has 98 valence electrons. The number of nitrogens with zero attached hydrogens (tertiary/aromatic N) is 1. The lowest BCUT2D eigenvalue weighted by atomic mass is 9.80. The fourth-order valence-corrected chi connectivity index (χ4v) is 3.74. The fraction of sp³-hybridized carbons (Fsp3) is 0.647. The first kappa shape index (κ1) is 12.2. The third-order valence-electron chi connectivity index (χ3n) is 4.80. The summed E-state index contributed by atoms with van der Waals surface area (Å²) < 4.78 is 0. The van der Waals surface area contributed by atoms with Gasteiger partial charge in [0.25, 0.3) is 0 Å². The molecule has 2 atom stereocenters. The summed E-state index contributed by atoms with van der Waals surface area (Å²) in [5.41, 5.74) is 3.25. The third-order valence-corrected chi connectivity index (χ3v) is 4.80. The summed E-state index contributed by atoms with van der Waals surface area (Å²) in [6.07, 6.45) is 8.15. The Hall–Kier alpha value is -0.820. The van der Waals surface area contributed by atoms with Crippen molar-refractivity contribution in [2.45, 2.75) is 51.5 Å². The molecule has 0 saturated carbocycles. The van der Waals surface area contributed by atoms with Crippen molar-refractivity contribution in [1.29, 1.82) is 0 Å². The highest BCUT2D eigenvalue weighted by molar-refractivity contribution is 5.29. The van der Waals surface area contributed by atoms with E-state index in [9.17, 15) is 0 Å². The van der Waals surface area contributed by atoms with Gasteiger partial charge >= 0.3 is 0 Å². The minimum absolute atomic E-state index is 0.814. The van der Waals surface area contributed by atoms with E-state index in [4.69, 9.17) is 0 Å². The van der Waals surface area contributed by atoms with Gasteiger partial charge in [-0.2, -0.15) is 0 Å². The molecule has 0 amide bonds. The molecule has 1 aromatic rings. The molecule has 1 aliphatic carbocycles. The van der Waals surface area contributed by atoms with Crippen molar-refractivity contribution in [2.24, 2.45) is 5.92 Å². The highest BCUT2D eigenvalue weighted by atomic mass is 15.2. The number of piperidine rings is 1. The molecule has 1 saturated heterocycles. The Morgan fingerprint density at radius 3 is 2.67 bits per heavy atom. The Kier molecular flexibility index (Phi) is 3.69. The van der Waals surface area contributed by atoms with E-state index in [1.54, 1.807) is 11.1 Å². The lowest BCUT2D eigenvalue weighted by Gasteiger charge is -2.42. The normalized spacial score (nSPS) is 27.6. The van der Waals surface area contributed by atoms with Gasteiger partial charge in [0.05, 0.1) is 0 Å². The molecule has 0 N–H and O–H groups in total. The van der Waals surface area contributed by atoms with Crippen LogP contribution < -0.4 is 0 Å². The van der Waals surface area contributed by atoms with Crippen molar-refractivity contribution >= 4 is 0 Å². The lowest BCUT2D eigenvalue weighted by Crippen LogP contribution is -2.46. The van der Waals surface area contributed by atoms with Gasteiger partial charge < -0.3 is 0 Å². The van der Waals surface area contributed by atoms with Gasteiger partial charge in [-0.25, -0.2) is 0 Å². The lowest BCUT2D eigenvalue weighted by molar-refractivity contribution is 0.0996. The fourth-order valence-electron chi connectivity index (χ4n) is 3.74. The average molecular weight is 243 g/mol. The topological polar surface area (TPSA) is 3.24 Å². The van der Waals surface area contributed by atoms with Gasteiger partial charge in [0.15, 0.2) is 0 Å². The van der Waals surface area contributed by atoms with Crippen molar-refractivity contribution in [3.05, 3.63) is 35.4 Å². The summed E-state index contributed by atoms with van der Waals surface area (Å²) in [5, 5.41) is 0. The number of hydrogen-bond acceptors (Lipinski definition) is 1. The second-order valence-electron chi connectivity index (χ2n) is 6.12. The molecule has 0 unspecified atom stereocenters. The molecule has 4 rings (SSSR count). The molecule has 0 spiro atoms. The third kappa shape index (κ3) is 2.47. The molecule has 0 radical (unpaired) electrons. The summed E-state index contributed by atoms with van der Waals surface area (Å²) in [5.74, 6) is 0.902. The Balaban J connectivity index is 1.81. The van der Waals surface area contributed by atoms with Crippen LogP contribution in [0, 0.1) is 5.92 Å². The quantitative estimate of drug-likeness (QED) is 0.783. The molecule has 1 aromatic carbocycles. The predicted molar refractivity (Wildman–Crippen MR) is 76.8 cm³/mol. The van der Waals surface area contributed by atoms with E-state index in [-0.39, 0.29) is 0 Å². The molecule has 2 heterocycles. The van der Waals surface area contributed by atoms with Gasteiger partial charge in [-0.05, 0) is 55.7 Å². The molecule has 1 nitrogen and oxygen atoms in total. The highest BCUT2D eigenvalue weighted by Crippen LogP contribution is 2.32. The number of hydrogen-bond donors (Lipinski definition) is 0. The average Bonchev–Trinajstić information content (AvgIpc) is 2.36. The SMILES string of the molecule is CCCCN1C[C@@H]2CC[C@H]1Cc1ccccc1C2. The first-order valence-electron chi connectivity index (χ1n) is 7.67. The van der Waals surface area contributed by atoms with E-state index in [2.05, 4.69) is 36.1 Å². The van der Waals surface area contributed by atoms with Gasteiger partial charge in [-0.15, -0.1) is 0 Å². The van der Waals surface area contributed by atoms with Gasteiger partial charge in [-0.1, -0.05) is 37.6 Å². The van der Waals surface area contributed by atoms with Crippen LogP contribution >= 0.6 is 0 Å². The smallest absolute Gasteiger partial charge is 0.0136 e. The van der Waals surface area contributed by atoms with E-state index >= 15 is 0 Å². The van der Waals surface area contributed by atoms with Crippen LogP contribution in [0.2, 0.25) is 0 Å². The van der Waals surface area contributed by atoms with Crippen LogP contribution in [0.3, 0.4) is 0 Å². The maximum atomic E-state index is 2.79. The first-order valence-corrected chi connectivity index (χ1v) is 7.67. The van der Waals surface area contributed by atoms with Gasteiger partial charge in [-0.3, -0.25) is 4.90 Å². The first-order chi connectivity index (χ1) is 8.86. The summed E-state index contributed by atoms with van der Waals surface area (Å²) >= 11 is 0. The number of unbranched alkanes of at least 4 members (excludes halogenated alkanes) is 1. The van der Waals surface area contributed by atoms with Gasteiger partial charge in [0.2, 0.25) is 0 Å². The second kappa shape index (κ2) is 5.44. The Bertz CT molecular complexity index is 398. The van der Waals surface area contributed by atoms with Crippen molar-refractivity contribution < 1.29 is 0 Å².